The quantitative estimate of drug-likeness (QED) is 0.429. The van der Waals surface area contributed by atoms with Crippen molar-refractivity contribution in [1.29, 1.82) is 0 Å². The highest BCUT2D eigenvalue weighted by molar-refractivity contribution is 5.68. The Morgan fingerprint density at radius 1 is 1.00 bits per heavy atom. The predicted molar refractivity (Wildman–Crippen MR) is 63.8 cm³/mol. The van der Waals surface area contributed by atoms with Crippen molar-refractivity contribution in [2.75, 3.05) is 7.11 Å². The maximum Gasteiger partial charge on any atom is 0.305 e. The van der Waals surface area contributed by atoms with Crippen LogP contribution < -0.4 is 0 Å². The number of unbranched alkanes of at least 4 members (excludes halogenated alkanes) is 5. The van der Waals surface area contributed by atoms with Gasteiger partial charge in [-0.15, -0.1) is 0 Å². The lowest BCUT2D eigenvalue weighted by molar-refractivity contribution is -0.140. The summed E-state index contributed by atoms with van der Waals surface area (Å²) in [6, 6.07) is 0. The van der Waals surface area contributed by atoms with E-state index in [9.17, 15) is 4.79 Å². The van der Waals surface area contributed by atoms with Crippen LogP contribution in [0.5, 0.6) is 0 Å². The molecule has 0 aromatic heterocycles. The molecule has 0 unspecified atom stereocenters. The number of hydrogen-bond acceptors (Lipinski definition) is 2. The number of carbonyl (C=O) groups excluding carboxylic acids is 1. The molecule has 0 aromatic rings. The molecular weight excluding hydrogens is 188 g/mol. The van der Waals surface area contributed by atoms with Crippen LogP contribution in [0.2, 0.25) is 0 Å². The number of ether oxygens (including phenoxy) is 1. The fraction of sp³-hybridized carbons (Fsp3) is 0.923. The van der Waals surface area contributed by atoms with E-state index in [0.29, 0.717) is 6.42 Å². The number of rotatable bonds is 9. The molecule has 0 bridgehead atoms. The second-order valence-electron chi connectivity index (χ2n) is 4.63. The molecule has 0 amide bonds. The van der Waals surface area contributed by atoms with Crippen LogP contribution in [-0.2, 0) is 9.53 Å². The van der Waals surface area contributed by atoms with Gasteiger partial charge in [0.05, 0.1) is 7.11 Å². The fourth-order valence-electron chi connectivity index (χ4n) is 1.63. The molecule has 0 fully saturated rings. The minimum absolute atomic E-state index is 0.0743. The Balaban J connectivity index is 3.02. The average molecular weight is 214 g/mol. The van der Waals surface area contributed by atoms with Gasteiger partial charge in [-0.2, -0.15) is 0 Å². The highest BCUT2D eigenvalue weighted by Crippen LogP contribution is 2.11. The van der Waals surface area contributed by atoms with Gasteiger partial charge in [0.15, 0.2) is 0 Å². The molecule has 2 heteroatoms. The van der Waals surface area contributed by atoms with Gasteiger partial charge in [-0.3, -0.25) is 4.79 Å². The first-order valence-electron chi connectivity index (χ1n) is 6.23. The molecule has 90 valence electrons. The van der Waals surface area contributed by atoms with Gasteiger partial charge in [0, 0.05) is 6.42 Å². The molecule has 0 aliphatic heterocycles. The third-order valence-electron chi connectivity index (χ3n) is 2.64. The standard InChI is InChI=1S/C13H26O2/c1-12(2)10-8-6-4-5-7-9-11-13(14)15-3/h12H,4-11H2,1-3H3. The predicted octanol–water partition coefficient (Wildman–Crippen LogP) is 3.94. The van der Waals surface area contributed by atoms with Crippen molar-refractivity contribution < 1.29 is 9.53 Å². The zero-order chi connectivity index (χ0) is 11.5. The summed E-state index contributed by atoms with van der Waals surface area (Å²) in [5, 5.41) is 0. The molecule has 15 heavy (non-hydrogen) atoms. The summed E-state index contributed by atoms with van der Waals surface area (Å²) in [6.45, 7) is 4.55. The Morgan fingerprint density at radius 3 is 2.07 bits per heavy atom. The van der Waals surface area contributed by atoms with Crippen molar-refractivity contribution >= 4 is 5.97 Å². The second-order valence-corrected chi connectivity index (χ2v) is 4.63. The Labute approximate surface area is 94.4 Å². The van der Waals surface area contributed by atoms with Crippen molar-refractivity contribution in [1.82, 2.24) is 0 Å². The Hall–Kier alpha value is -0.530. The van der Waals surface area contributed by atoms with Crippen molar-refractivity contribution in [2.45, 2.75) is 65.2 Å². The van der Waals surface area contributed by atoms with E-state index in [1.54, 1.807) is 0 Å². The zero-order valence-corrected chi connectivity index (χ0v) is 10.6. The first kappa shape index (κ1) is 14.5. The van der Waals surface area contributed by atoms with E-state index in [0.717, 1.165) is 18.8 Å². The smallest absolute Gasteiger partial charge is 0.305 e. The average Bonchev–Trinajstić information content (AvgIpc) is 2.21. The van der Waals surface area contributed by atoms with Crippen molar-refractivity contribution in [3.63, 3.8) is 0 Å². The van der Waals surface area contributed by atoms with E-state index < -0.39 is 0 Å². The molecule has 2 nitrogen and oxygen atoms in total. The molecule has 0 atom stereocenters. The van der Waals surface area contributed by atoms with Gasteiger partial charge in [-0.1, -0.05) is 52.4 Å². The van der Waals surface area contributed by atoms with E-state index in [4.69, 9.17) is 0 Å². The minimum atomic E-state index is -0.0743. The van der Waals surface area contributed by atoms with Gasteiger partial charge in [0.25, 0.3) is 0 Å². The molecule has 0 rings (SSSR count). The zero-order valence-electron chi connectivity index (χ0n) is 10.6. The van der Waals surface area contributed by atoms with Gasteiger partial charge in [-0.05, 0) is 12.3 Å². The maximum absolute atomic E-state index is 10.8. The summed E-state index contributed by atoms with van der Waals surface area (Å²) in [4.78, 5) is 10.8. The van der Waals surface area contributed by atoms with Crippen LogP contribution in [0.4, 0.5) is 0 Å². The largest absolute Gasteiger partial charge is 0.469 e. The Bertz CT molecular complexity index is 153. The maximum atomic E-state index is 10.8. The summed E-state index contributed by atoms with van der Waals surface area (Å²) in [7, 11) is 1.45. The van der Waals surface area contributed by atoms with E-state index in [2.05, 4.69) is 18.6 Å². The van der Waals surface area contributed by atoms with Crippen molar-refractivity contribution in [3.05, 3.63) is 0 Å². The molecule has 0 aliphatic rings. The topological polar surface area (TPSA) is 26.3 Å². The first-order valence-corrected chi connectivity index (χ1v) is 6.23. The number of carbonyl (C=O) groups is 1. The van der Waals surface area contributed by atoms with E-state index >= 15 is 0 Å². The highest BCUT2D eigenvalue weighted by Gasteiger charge is 1.99. The van der Waals surface area contributed by atoms with Gasteiger partial charge in [-0.25, -0.2) is 0 Å². The van der Waals surface area contributed by atoms with Crippen molar-refractivity contribution in [2.24, 2.45) is 5.92 Å². The molecule has 0 heterocycles. The normalized spacial score (nSPS) is 10.7. The summed E-state index contributed by atoms with van der Waals surface area (Å²) < 4.78 is 4.58. The minimum Gasteiger partial charge on any atom is -0.469 e. The van der Waals surface area contributed by atoms with Crippen LogP contribution >= 0.6 is 0 Å². The van der Waals surface area contributed by atoms with Crippen LogP contribution in [-0.4, -0.2) is 13.1 Å². The van der Waals surface area contributed by atoms with Crippen LogP contribution in [0, 0.1) is 5.92 Å². The monoisotopic (exact) mass is 214 g/mol. The first-order chi connectivity index (χ1) is 7.16. The molecular formula is C13H26O2. The van der Waals surface area contributed by atoms with Crippen LogP contribution in [0.3, 0.4) is 0 Å². The summed E-state index contributed by atoms with van der Waals surface area (Å²) in [5.41, 5.74) is 0. The highest BCUT2D eigenvalue weighted by atomic mass is 16.5. The lowest BCUT2D eigenvalue weighted by atomic mass is 10.0. The van der Waals surface area contributed by atoms with E-state index in [-0.39, 0.29) is 5.97 Å². The lowest BCUT2D eigenvalue weighted by Gasteiger charge is -2.04. The molecule has 0 N–H and O–H groups in total. The third kappa shape index (κ3) is 11.4. The van der Waals surface area contributed by atoms with Crippen LogP contribution in [0.15, 0.2) is 0 Å². The summed E-state index contributed by atoms with van der Waals surface area (Å²) >= 11 is 0. The number of esters is 1. The van der Waals surface area contributed by atoms with E-state index in [1.165, 1.54) is 39.2 Å². The molecule has 0 aromatic carbocycles. The fourth-order valence-corrected chi connectivity index (χ4v) is 1.63. The molecule has 0 spiro atoms. The van der Waals surface area contributed by atoms with E-state index in [1.807, 2.05) is 0 Å². The Kier molecular flexibility index (Phi) is 9.65. The second kappa shape index (κ2) is 10.0. The lowest BCUT2D eigenvalue weighted by Crippen LogP contribution is -1.99. The van der Waals surface area contributed by atoms with Gasteiger partial charge in [0.1, 0.15) is 0 Å². The van der Waals surface area contributed by atoms with Gasteiger partial charge >= 0.3 is 5.97 Å². The van der Waals surface area contributed by atoms with Crippen LogP contribution in [0.25, 0.3) is 0 Å². The number of methoxy groups -OCH3 is 1. The molecule has 0 radical (unpaired) electrons. The summed E-state index contributed by atoms with van der Waals surface area (Å²) in [6.07, 6.45) is 9.35. The Morgan fingerprint density at radius 2 is 1.53 bits per heavy atom. The summed E-state index contributed by atoms with van der Waals surface area (Å²) in [5.74, 6) is 0.763. The van der Waals surface area contributed by atoms with Crippen LogP contribution in [0.1, 0.15) is 65.2 Å². The number of hydrogen-bond donors (Lipinski definition) is 0. The molecule has 0 saturated heterocycles. The molecule has 0 saturated carbocycles. The van der Waals surface area contributed by atoms with Crippen molar-refractivity contribution in [3.8, 4) is 0 Å². The SMILES string of the molecule is COC(=O)CCCCCCCCC(C)C. The molecule has 0 aliphatic carbocycles. The third-order valence-corrected chi connectivity index (χ3v) is 2.64. The van der Waals surface area contributed by atoms with Gasteiger partial charge in [0.2, 0.25) is 0 Å². The van der Waals surface area contributed by atoms with Gasteiger partial charge < -0.3 is 4.74 Å².